The first-order chi connectivity index (χ1) is 9.63. The highest BCUT2D eigenvalue weighted by atomic mass is 32.1. The van der Waals surface area contributed by atoms with Crippen molar-refractivity contribution in [1.29, 1.82) is 0 Å². The van der Waals surface area contributed by atoms with Crippen LogP contribution in [0.5, 0.6) is 0 Å². The summed E-state index contributed by atoms with van der Waals surface area (Å²) in [5.41, 5.74) is 1.22. The third kappa shape index (κ3) is 2.71. The van der Waals surface area contributed by atoms with Crippen LogP contribution in [-0.4, -0.2) is 29.3 Å². The van der Waals surface area contributed by atoms with Gasteiger partial charge in [0.2, 0.25) is 0 Å². The van der Waals surface area contributed by atoms with Crippen molar-refractivity contribution in [3.05, 3.63) is 28.2 Å². The smallest absolute Gasteiger partial charge is 0.324 e. The van der Waals surface area contributed by atoms with E-state index in [4.69, 9.17) is 9.26 Å². The minimum atomic E-state index is 0.0689. The molecule has 0 unspecified atom stereocenters. The second kappa shape index (κ2) is 5.54. The van der Waals surface area contributed by atoms with Gasteiger partial charge in [0, 0.05) is 12.5 Å². The SMILES string of the molecule is CC(C)c1noc(N2C[C@@H](c3ccsc3)O[C@@H](C)C2)n1. The van der Waals surface area contributed by atoms with E-state index >= 15 is 0 Å². The summed E-state index contributed by atoms with van der Waals surface area (Å²) in [5.74, 6) is 1.03. The van der Waals surface area contributed by atoms with Gasteiger partial charge in [-0.2, -0.15) is 16.3 Å². The number of nitrogens with zero attached hydrogens (tertiary/aromatic N) is 3. The largest absolute Gasteiger partial charge is 0.367 e. The van der Waals surface area contributed by atoms with Gasteiger partial charge in [0.25, 0.3) is 0 Å². The van der Waals surface area contributed by atoms with E-state index in [0.717, 1.165) is 18.9 Å². The van der Waals surface area contributed by atoms with Crippen LogP contribution in [0.15, 0.2) is 21.3 Å². The van der Waals surface area contributed by atoms with Gasteiger partial charge in [-0.25, -0.2) is 0 Å². The van der Waals surface area contributed by atoms with Crippen LogP contribution in [0.4, 0.5) is 6.01 Å². The van der Waals surface area contributed by atoms with Crippen LogP contribution in [0.3, 0.4) is 0 Å². The van der Waals surface area contributed by atoms with E-state index in [2.05, 4.69) is 52.6 Å². The Morgan fingerprint density at radius 1 is 1.40 bits per heavy atom. The molecule has 1 saturated heterocycles. The summed E-state index contributed by atoms with van der Waals surface area (Å²) in [6.45, 7) is 7.72. The summed E-state index contributed by atoms with van der Waals surface area (Å²) in [6.07, 6.45) is 0.211. The lowest BCUT2D eigenvalue weighted by Gasteiger charge is -2.35. The minimum Gasteiger partial charge on any atom is -0.367 e. The van der Waals surface area contributed by atoms with Crippen LogP contribution in [-0.2, 0) is 4.74 Å². The maximum Gasteiger partial charge on any atom is 0.324 e. The highest BCUT2D eigenvalue weighted by molar-refractivity contribution is 7.07. The maximum atomic E-state index is 6.01. The topological polar surface area (TPSA) is 51.4 Å². The quantitative estimate of drug-likeness (QED) is 0.869. The number of hydrogen-bond acceptors (Lipinski definition) is 6. The van der Waals surface area contributed by atoms with Gasteiger partial charge in [-0.15, -0.1) is 0 Å². The monoisotopic (exact) mass is 293 g/mol. The standard InChI is InChI=1S/C14H19N3O2S/c1-9(2)13-15-14(19-16-13)17-6-10(3)18-12(7-17)11-4-5-20-8-11/h4-5,8-10,12H,6-7H2,1-3H3/t10-,12-/m0/s1. The average Bonchev–Trinajstić information content (AvgIpc) is 3.10. The third-order valence-corrected chi connectivity index (χ3v) is 4.09. The fourth-order valence-corrected chi connectivity index (χ4v) is 3.04. The molecule has 3 heterocycles. The summed E-state index contributed by atoms with van der Waals surface area (Å²) in [7, 11) is 0. The van der Waals surface area contributed by atoms with Gasteiger partial charge in [0.05, 0.1) is 12.6 Å². The van der Waals surface area contributed by atoms with Crippen molar-refractivity contribution >= 4 is 17.4 Å². The number of morpholine rings is 1. The molecule has 0 bridgehead atoms. The molecule has 0 amide bonds. The van der Waals surface area contributed by atoms with E-state index in [0.29, 0.717) is 6.01 Å². The highest BCUT2D eigenvalue weighted by Gasteiger charge is 2.29. The molecule has 3 rings (SSSR count). The van der Waals surface area contributed by atoms with Crippen LogP contribution >= 0.6 is 11.3 Å². The van der Waals surface area contributed by atoms with Crippen LogP contribution in [0.2, 0.25) is 0 Å². The van der Waals surface area contributed by atoms with E-state index in [1.807, 2.05) is 0 Å². The number of hydrogen-bond donors (Lipinski definition) is 0. The molecule has 0 aromatic carbocycles. The Morgan fingerprint density at radius 3 is 2.90 bits per heavy atom. The molecule has 0 N–H and O–H groups in total. The molecular formula is C14H19N3O2S. The molecule has 2 aromatic rings. The first-order valence-electron chi connectivity index (χ1n) is 6.89. The Hall–Kier alpha value is -1.40. The summed E-state index contributed by atoms with van der Waals surface area (Å²) in [6, 6.07) is 2.71. The Bertz CT molecular complexity index is 553. The predicted octanol–water partition coefficient (Wildman–Crippen LogP) is 3.22. The summed E-state index contributed by atoms with van der Waals surface area (Å²) < 4.78 is 11.4. The summed E-state index contributed by atoms with van der Waals surface area (Å²) in [5, 5.41) is 8.25. The van der Waals surface area contributed by atoms with Crippen molar-refractivity contribution in [2.24, 2.45) is 0 Å². The van der Waals surface area contributed by atoms with Crippen molar-refractivity contribution in [3.8, 4) is 0 Å². The van der Waals surface area contributed by atoms with Crippen molar-refractivity contribution in [3.63, 3.8) is 0 Å². The fourth-order valence-electron chi connectivity index (χ4n) is 2.34. The van der Waals surface area contributed by atoms with Crippen molar-refractivity contribution in [2.75, 3.05) is 18.0 Å². The number of ether oxygens (including phenoxy) is 1. The maximum absolute atomic E-state index is 6.01. The summed E-state index contributed by atoms with van der Waals surface area (Å²) >= 11 is 1.69. The molecular weight excluding hydrogens is 274 g/mol. The van der Waals surface area contributed by atoms with Gasteiger partial charge in [0.1, 0.15) is 6.10 Å². The van der Waals surface area contributed by atoms with Gasteiger partial charge in [0.15, 0.2) is 5.82 Å². The van der Waals surface area contributed by atoms with Crippen LogP contribution in [0.25, 0.3) is 0 Å². The molecule has 0 aliphatic carbocycles. The van der Waals surface area contributed by atoms with Gasteiger partial charge < -0.3 is 14.2 Å². The van der Waals surface area contributed by atoms with E-state index in [1.165, 1.54) is 5.56 Å². The minimum absolute atomic E-state index is 0.0689. The van der Waals surface area contributed by atoms with E-state index in [9.17, 15) is 0 Å². The molecule has 0 saturated carbocycles. The van der Waals surface area contributed by atoms with Gasteiger partial charge in [-0.1, -0.05) is 19.0 Å². The van der Waals surface area contributed by atoms with E-state index < -0.39 is 0 Å². The Kier molecular flexibility index (Phi) is 3.76. The lowest BCUT2D eigenvalue weighted by molar-refractivity contribution is -0.0188. The second-order valence-electron chi connectivity index (χ2n) is 5.49. The molecule has 0 spiro atoms. The fraction of sp³-hybridized carbons (Fsp3) is 0.571. The predicted molar refractivity (Wildman–Crippen MR) is 78.2 cm³/mol. The van der Waals surface area contributed by atoms with Gasteiger partial charge in [-0.05, 0) is 29.3 Å². The Balaban J connectivity index is 1.78. The lowest BCUT2D eigenvalue weighted by Crippen LogP contribution is -2.43. The number of thiophene rings is 1. The van der Waals surface area contributed by atoms with Crippen LogP contribution in [0, 0.1) is 0 Å². The van der Waals surface area contributed by atoms with Gasteiger partial charge in [-0.3, -0.25) is 0 Å². The zero-order chi connectivity index (χ0) is 14.1. The molecule has 1 aliphatic heterocycles. The van der Waals surface area contributed by atoms with Crippen molar-refractivity contribution in [1.82, 2.24) is 10.1 Å². The second-order valence-corrected chi connectivity index (χ2v) is 6.27. The molecule has 6 heteroatoms. The zero-order valence-electron chi connectivity index (χ0n) is 11.9. The third-order valence-electron chi connectivity index (χ3n) is 3.39. The molecule has 1 fully saturated rings. The first-order valence-corrected chi connectivity index (χ1v) is 7.84. The molecule has 0 radical (unpaired) electrons. The Labute approximate surface area is 122 Å². The molecule has 108 valence electrons. The molecule has 1 aliphatic rings. The molecule has 2 aromatic heterocycles. The normalized spacial score (nSPS) is 23.5. The Morgan fingerprint density at radius 2 is 2.25 bits per heavy atom. The average molecular weight is 293 g/mol. The highest BCUT2D eigenvalue weighted by Crippen LogP contribution is 2.29. The summed E-state index contributed by atoms with van der Waals surface area (Å²) in [4.78, 5) is 6.60. The number of aromatic nitrogens is 2. The van der Waals surface area contributed by atoms with Crippen LogP contribution in [0.1, 0.15) is 44.2 Å². The number of anilines is 1. The first kappa shape index (κ1) is 13.6. The zero-order valence-corrected chi connectivity index (χ0v) is 12.8. The van der Waals surface area contributed by atoms with E-state index in [1.54, 1.807) is 11.3 Å². The van der Waals surface area contributed by atoms with E-state index in [-0.39, 0.29) is 18.1 Å². The van der Waals surface area contributed by atoms with Crippen LogP contribution < -0.4 is 4.90 Å². The van der Waals surface area contributed by atoms with Crippen molar-refractivity contribution < 1.29 is 9.26 Å². The lowest BCUT2D eigenvalue weighted by atomic mass is 10.1. The molecule has 2 atom stereocenters. The number of rotatable bonds is 3. The molecule has 20 heavy (non-hydrogen) atoms. The van der Waals surface area contributed by atoms with Crippen molar-refractivity contribution in [2.45, 2.75) is 38.9 Å². The van der Waals surface area contributed by atoms with Gasteiger partial charge >= 0.3 is 6.01 Å². The molecule has 5 nitrogen and oxygen atoms in total.